The molecule has 2 unspecified atom stereocenters. The first-order valence-electron chi connectivity index (χ1n) is 16.1. The van der Waals surface area contributed by atoms with Crippen LogP contribution in [0.3, 0.4) is 0 Å². The molecule has 0 aliphatic carbocycles. The highest BCUT2D eigenvalue weighted by atomic mass is 16.5. The Balaban J connectivity index is 1.02. The number of ether oxygens (including phenoxy) is 2. The molecule has 236 valence electrons. The molecule has 4 fully saturated rings. The van der Waals surface area contributed by atoms with Crippen LogP contribution in [0.1, 0.15) is 47.7 Å². The quantitative estimate of drug-likeness (QED) is 0.421. The minimum Gasteiger partial charge on any atom is -0.381 e. The lowest BCUT2D eigenvalue weighted by Gasteiger charge is -2.36. The minimum atomic E-state index is -0.358. The smallest absolute Gasteiger partial charge is 0.323 e. The van der Waals surface area contributed by atoms with Crippen LogP contribution in [0.15, 0.2) is 54.6 Å². The molecular formula is C34H41N7O4. The number of rotatable bonds is 6. The number of hydrogen-bond acceptors (Lipinski definition) is 8. The predicted molar refractivity (Wildman–Crippen MR) is 173 cm³/mol. The van der Waals surface area contributed by atoms with Crippen molar-refractivity contribution in [3.05, 3.63) is 65.9 Å². The minimum absolute atomic E-state index is 0.0193. The van der Waals surface area contributed by atoms with E-state index in [1.54, 1.807) is 24.3 Å². The maximum atomic E-state index is 12.8. The maximum absolute atomic E-state index is 12.8. The van der Waals surface area contributed by atoms with Gasteiger partial charge in [-0.1, -0.05) is 0 Å². The number of piperazine rings is 1. The zero-order valence-electron chi connectivity index (χ0n) is 25.8. The molecule has 4 aliphatic rings. The van der Waals surface area contributed by atoms with E-state index in [1.807, 2.05) is 29.2 Å². The summed E-state index contributed by atoms with van der Waals surface area (Å²) in [6.45, 7) is 6.18. The van der Waals surface area contributed by atoms with Gasteiger partial charge in [-0.3, -0.25) is 4.79 Å². The van der Waals surface area contributed by atoms with Crippen molar-refractivity contribution < 1.29 is 19.1 Å². The van der Waals surface area contributed by atoms with Gasteiger partial charge >= 0.3 is 6.03 Å². The topological polar surface area (TPSA) is 112 Å². The van der Waals surface area contributed by atoms with E-state index in [1.165, 1.54) is 0 Å². The maximum Gasteiger partial charge on any atom is 0.323 e. The summed E-state index contributed by atoms with van der Waals surface area (Å²) in [5.41, 5.74) is 3.86. The molecule has 3 aromatic rings. The van der Waals surface area contributed by atoms with Gasteiger partial charge in [0, 0.05) is 79.6 Å². The number of anilines is 3. The zero-order chi connectivity index (χ0) is 30.8. The van der Waals surface area contributed by atoms with Gasteiger partial charge in [0.1, 0.15) is 5.82 Å². The number of amides is 3. The molecule has 7 rings (SSSR count). The number of carbonyl (C=O) groups excluding carboxylic acids is 2. The van der Waals surface area contributed by atoms with Crippen molar-refractivity contribution >= 4 is 29.1 Å². The van der Waals surface area contributed by atoms with Gasteiger partial charge in [-0.15, -0.1) is 0 Å². The molecule has 11 heteroatoms. The molecule has 4 saturated heterocycles. The van der Waals surface area contributed by atoms with Gasteiger partial charge in [0.2, 0.25) is 0 Å². The Labute approximate surface area is 263 Å². The number of nitrogens with zero attached hydrogens (tertiary/aromatic N) is 5. The van der Waals surface area contributed by atoms with Crippen molar-refractivity contribution in [2.24, 2.45) is 0 Å². The summed E-state index contributed by atoms with van der Waals surface area (Å²) < 4.78 is 11.5. The lowest BCUT2D eigenvalue weighted by Crippen LogP contribution is -2.47. The van der Waals surface area contributed by atoms with E-state index in [0.717, 1.165) is 95.4 Å². The normalized spacial score (nSPS) is 22.3. The second kappa shape index (κ2) is 13.1. The summed E-state index contributed by atoms with van der Waals surface area (Å²) in [6.07, 6.45) is 4.16. The molecule has 1 aromatic heterocycles. The molecule has 0 radical (unpaired) electrons. The number of carbonyl (C=O) groups is 2. The molecule has 5 heterocycles. The Morgan fingerprint density at radius 1 is 0.778 bits per heavy atom. The lowest BCUT2D eigenvalue weighted by molar-refractivity contribution is 0.0664. The summed E-state index contributed by atoms with van der Waals surface area (Å²) in [4.78, 5) is 42.3. The van der Waals surface area contributed by atoms with Crippen LogP contribution in [-0.4, -0.2) is 103 Å². The van der Waals surface area contributed by atoms with Crippen molar-refractivity contribution in [2.45, 2.75) is 43.7 Å². The molecule has 2 aromatic carbocycles. The fraction of sp³-hybridized carbons (Fsp3) is 0.471. The third kappa shape index (κ3) is 6.66. The first-order valence-corrected chi connectivity index (χ1v) is 16.1. The Morgan fingerprint density at radius 3 is 2.04 bits per heavy atom. The van der Waals surface area contributed by atoms with Gasteiger partial charge in [0.25, 0.3) is 5.91 Å². The van der Waals surface area contributed by atoms with Crippen LogP contribution in [0.25, 0.3) is 11.4 Å². The predicted octanol–water partition coefficient (Wildman–Crippen LogP) is 4.44. The molecule has 4 aliphatic heterocycles. The number of morpholine rings is 1. The Hall–Kier alpha value is -4.06. The SMILES string of the molecule is CN1CCN(C(=O)c2ccc(NC(=O)Nc3ccc(-c4nc(C5CCOCC5)cc(N5C6CCC5COC6)n4)cc3)cc2)CC1. The number of aromatic nitrogens is 2. The van der Waals surface area contributed by atoms with Crippen molar-refractivity contribution in [3.63, 3.8) is 0 Å². The Morgan fingerprint density at radius 2 is 1.40 bits per heavy atom. The van der Waals surface area contributed by atoms with Gasteiger partial charge in [-0.2, -0.15) is 0 Å². The molecule has 0 spiro atoms. The van der Waals surface area contributed by atoms with E-state index in [9.17, 15) is 9.59 Å². The molecule has 3 amide bonds. The van der Waals surface area contributed by atoms with Crippen LogP contribution in [-0.2, 0) is 9.47 Å². The van der Waals surface area contributed by atoms with E-state index in [2.05, 4.69) is 33.5 Å². The first-order chi connectivity index (χ1) is 22.0. The van der Waals surface area contributed by atoms with Crippen LogP contribution < -0.4 is 15.5 Å². The standard InChI is InChI=1S/C34H41N7O4/c1-39-14-16-40(17-15-39)33(42)25-4-8-27(9-5-25)36-34(43)35-26-6-2-24(3-7-26)32-37-30(23-12-18-44-19-13-23)20-31(38-32)41-28-10-11-29(41)22-45-21-28/h2-9,20,23,28-29H,10-19,21-22H2,1H3,(H2,35,36,43). The van der Waals surface area contributed by atoms with Crippen LogP contribution in [0.4, 0.5) is 22.0 Å². The molecular weight excluding hydrogens is 570 g/mol. The number of nitrogens with one attached hydrogen (secondary N) is 2. The monoisotopic (exact) mass is 611 g/mol. The average Bonchev–Trinajstić information content (AvgIpc) is 3.33. The summed E-state index contributed by atoms with van der Waals surface area (Å²) in [7, 11) is 2.06. The molecule has 2 bridgehead atoms. The fourth-order valence-electron chi connectivity index (χ4n) is 6.80. The second-order valence-electron chi connectivity index (χ2n) is 12.5. The molecule has 0 saturated carbocycles. The van der Waals surface area contributed by atoms with Gasteiger partial charge in [-0.05, 0) is 81.3 Å². The molecule has 45 heavy (non-hydrogen) atoms. The van der Waals surface area contributed by atoms with Crippen molar-refractivity contribution in [1.29, 1.82) is 0 Å². The number of hydrogen-bond donors (Lipinski definition) is 2. The van der Waals surface area contributed by atoms with E-state index in [0.29, 0.717) is 40.8 Å². The van der Waals surface area contributed by atoms with Gasteiger partial charge < -0.3 is 34.8 Å². The summed E-state index contributed by atoms with van der Waals surface area (Å²) >= 11 is 0. The second-order valence-corrected chi connectivity index (χ2v) is 12.5. The van der Waals surface area contributed by atoms with Crippen molar-refractivity contribution in [1.82, 2.24) is 19.8 Å². The highest BCUT2D eigenvalue weighted by molar-refractivity contribution is 6.00. The third-order valence-corrected chi connectivity index (χ3v) is 9.46. The van der Waals surface area contributed by atoms with E-state index in [4.69, 9.17) is 19.4 Å². The number of likely N-dealkylation sites (N-methyl/N-ethyl adjacent to an activating group) is 1. The van der Waals surface area contributed by atoms with Crippen LogP contribution >= 0.6 is 0 Å². The van der Waals surface area contributed by atoms with Crippen molar-refractivity contribution in [3.8, 4) is 11.4 Å². The van der Waals surface area contributed by atoms with Gasteiger partial charge in [0.15, 0.2) is 5.82 Å². The first kappa shape index (κ1) is 29.6. The lowest BCUT2D eigenvalue weighted by atomic mass is 9.96. The number of fused-ring (bicyclic) bond motifs is 2. The summed E-state index contributed by atoms with van der Waals surface area (Å²) in [5, 5.41) is 5.76. The molecule has 2 atom stereocenters. The summed E-state index contributed by atoms with van der Waals surface area (Å²) in [6, 6.07) is 17.2. The molecule has 11 nitrogen and oxygen atoms in total. The Kier molecular flexibility index (Phi) is 8.64. The summed E-state index contributed by atoms with van der Waals surface area (Å²) in [5.74, 6) is 2.05. The van der Waals surface area contributed by atoms with Gasteiger partial charge in [0.05, 0.1) is 25.3 Å². The fourth-order valence-corrected chi connectivity index (χ4v) is 6.80. The number of urea groups is 1. The van der Waals surface area contributed by atoms with Crippen LogP contribution in [0, 0.1) is 0 Å². The van der Waals surface area contributed by atoms with E-state index >= 15 is 0 Å². The van der Waals surface area contributed by atoms with Gasteiger partial charge in [-0.25, -0.2) is 14.8 Å². The molecule has 2 N–H and O–H groups in total. The zero-order valence-corrected chi connectivity index (χ0v) is 25.8. The number of benzene rings is 2. The van der Waals surface area contributed by atoms with Crippen LogP contribution in [0.5, 0.6) is 0 Å². The van der Waals surface area contributed by atoms with E-state index < -0.39 is 0 Å². The average molecular weight is 612 g/mol. The van der Waals surface area contributed by atoms with E-state index in [-0.39, 0.29) is 11.9 Å². The highest BCUT2D eigenvalue weighted by Gasteiger charge is 2.38. The highest BCUT2D eigenvalue weighted by Crippen LogP contribution is 2.36. The third-order valence-electron chi connectivity index (χ3n) is 9.46. The Bertz CT molecular complexity index is 1490. The van der Waals surface area contributed by atoms with Crippen molar-refractivity contribution in [2.75, 3.05) is 75.2 Å². The van der Waals surface area contributed by atoms with Crippen LogP contribution in [0.2, 0.25) is 0 Å². The largest absolute Gasteiger partial charge is 0.381 e.